The fraction of sp³-hybridized carbons (Fsp3) is 0.105. The SMILES string of the molecule is Cc1ccc(Cl)cc1NC(=O)CSc1ccc(NS(=O)(=O)c2cccs2)cc1. The van der Waals surface area contributed by atoms with Gasteiger partial charge < -0.3 is 5.32 Å². The zero-order valence-electron chi connectivity index (χ0n) is 14.8. The highest BCUT2D eigenvalue weighted by Gasteiger charge is 2.15. The fourth-order valence-electron chi connectivity index (χ4n) is 2.31. The number of anilines is 2. The number of carbonyl (C=O) groups is 1. The van der Waals surface area contributed by atoms with E-state index in [0.717, 1.165) is 21.8 Å². The van der Waals surface area contributed by atoms with Crippen molar-refractivity contribution in [1.29, 1.82) is 0 Å². The molecule has 1 amide bonds. The lowest BCUT2D eigenvalue weighted by Gasteiger charge is -2.09. The van der Waals surface area contributed by atoms with E-state index in [1.165, 1.54) is 11.8 Å². The van der Waals surface area contributed by atoms with Gasteiger partial charge in [0.25, 0.3) is 10.0 Å². The molecular formula is C19H17ClN2O3S3. The largest absolute Gasteiger partial charge is 0.325 e. The van der Waals surface area contributed by atoms with Crippen molar-refractivity contribution in [2.75, 3.05) is 15.8 Å². The lowest BCUT2D eigenvalue weighted by atomic mass is 10.2. The number of rotatable bonds is 7. The predicted molar refractivity (Wildman–Crippen MR) is 117 cm³/mol. The Morgan fingerprint density at radius 1 is 1.14 bits per heavy atom. The van der Waals surface area contributed by atoms with Crippen LogP contribution in [0.2, 0.25) is 5.02 Å². The Labute approximate surface area is 177 Å². The summed E-state index contributed by atoms with van der Waals surface area (Å²) in [6.07, 6.45) is 0. The normalized spacial score (nSPS) is 11.2. The van der Waals surface area contributed by atoms with E-state index in [0.29, 0.717) is 16.4 Å². The highest BCUT2D eigenvalue weighted by molar-refractivity contribution is 8.00. The number of hydrogen-bond donors (Lipinski definition) is 2. The molecule has 0 unspecified atom stereocenters. The minimum Gasteiger partial charge on any atom is -0.325 e. The Hall–Kier alpha value is -2.00. The van der Waals surface area contributed by atoms with Crippen molar-refractivity contribution in [3.8, 4) is 0 Å². The zero-order chi connectivity index (χ0) is 20.1. The number of benzene rings is 2. The molecule has 2 aromatic carbocycles. The highest BCUT2D eigenvalue weighted by atomic mass is 35.5. The molecule has 5 nitrogen and oxygen atoms in total. The van der Waals surface area contributed by atoms with Crippen LogP contribution in [0.25, 0.3) is 0 Å². The van der Waals surface area contributed by atoms with E-state index < -0.39 is 10.0 Å². The predicted octanol–water partition coefficient (Wildman–Crippen LogP) is 5.24. The van der Waals surface area contributed by atoms with Gasteiger partial charge in [0.05, 0.1) is 5.75 Å². The maximum absolute atomic E-state index is 12.2. The van der Waals surface area contributed by atoms with Gasteiger partial charge in [-0.2, -0.15) is 0 Å². The summed E-state index contributed by atoms with van der Waals surface area (Å²) in [7, 11) is -3.56. The van der Waals surface area contributed by atoms with Crippen molar-refractivity contribution in [1.82, 2.24) is 0 Å². The van der Waals surface area contributed by atoms with Crippen LogP contribution in [0.5, 0.6) is 0 Å². The molecule has 28 heavy (non-hydrogen) atoms. The van der Waals surface area contributed by atoms with Gasteiger partial charge in [-0.3, -0.25) is 9.52 Å². The lowest BCUT2D eigenvalue weighted by Crippen LogP contribution is -2.14. The molecule has 2 N–H and O–H groups in total. The Morgan fingerprint density at radius 2 is 1.89 bits per heavy atom. The average Bonchev–Trinajstić information content (AvgIpc) is 3.20. The molecule has 0 bridgehead atoms. The van der Waals surface area contributed by atoms with Crippen molar-refractivity contribution in [2.24, 2.45) is 0 Å². The van der Waals surface area contributed by atoms with E-state index in [4.69, 9.17) is 11.6 Å². The molecule has 1 heterocycles. The van der Waals surface area contributed by atoms with Crippen molar-refractivity contribution in [3.05, 3.63) is 70.6 Å². The number of amides is 1. The summed E-state index contributed by atoms with van der Waals surface area (Å²) in [6.45, 7) is 1.90. The van der Waals surface area contributed by atoms with Gasteiger partial charge >= 0.3 is 0 Å². The van der Waals surface area contributed by atoms with Crippen LogP contribution in [0.4, 0.5) is 11.4 Å². The molecule has 3 aromatic rings. The quantitative estimate of drug-likeness (QED) is 0.480. The second-order valence-electron chi connectivity index (χ2n) is 5.86. The van der Waals surface area contributed by atoms with E-state index in [1.54, 1.807) is 53.9 Å². The number of thioether (sulfide) groups is 1. The second kappa shape index (κ2) is 9.00. The number of aryl methyl sites for hydroxylation is 1. The first kappa shape index (κ1) is 20.7. The smallest absolute Gasteiger partial charge is 0.271 e. The number of nitrogens with one attached hydrogen (secondary N) is 2. The standard InChI is InChI=1S/C19H17ClN2O3S3/c1-13-4-5-14(20)11-17(13)21-18(23)12-27-16-8-6-15(7-9-16)22-28(24,25)19-3-2-10-26-19/h2-11,22H,12H2,1H3,(H,21,23). The van der Waals surface area contributed by atoms with Crippen LogP contribution >= 0.6 is 34.7 Å². The Balaban J connectivity index is 1.56. The van der Waals surface area contributed by atoms with Gasteiger partial charge in [-0.1, -0.05) is 23.7 Å². The summed E-state index contributed by atoms with van der Waals surface area (Å²) in [4.78, 5) is 13.0. The number of halogens is 1. The van der Waals surface area contributed by atoms with Gasteiger partial charge in [0.15, 0.2) is 0 Å². The zero-order valence-corrected chi connectivity index (χ0v) is 18.0. The fourth-order valence-corrected chi connectivity index (χ4v) is 5.23. The molecule has 0 saturated heterocycles. The first-order chi connectivity index (χ1) is 13.3. The van der Waals surface area contributed by atoms with Crippen LogP contribution in [-0.4, -0.2) is 20.1 Å². The van der Waals surface area contributed by atoms with Gasteiger partial charge in [-0.25, -0.2) is 8.42 Å². The summed E-state index contributed by atoms with van der Waals surface area (Å²) in [6, 6.07) is 15.5. The van der Waals surface area contributed by atoms with E-state index in [2.05, 4.69) is 10.0 Å². The van der Waals surface area contributed by atoms with Crippen LogP contribution in [0.3, 0.4) is 0 Å². The molecule has 0 aliphatic rings. The molecule has 0 aliphatic carbocycles. The molecular weight excluding hydrogens is 436 g/mol. The second-order valence-corrected chi connectivity index (χ2v) is 10.2. The number of hydrogen-bond acceptors (Lipinski definition) is 5. The number of sulfonamides is 1. The van der Waals surface area contributed by atoms with E-state index >= 15 is 0 Å². The van der Waals surface area contributed by atoms with Crippen molar-refractivity contribution >= 4 is 62.0 Å². The van der Waals surface area contributed by atoms with Gasteiger partial charge in [-0.15, -0.1) is 23.1 Å². The monoisotopic (exact) mass is 452 g/mol. The summed E-state index contributed by atoms with van der Waals surface area (Å²) in [5.41, 5.74) is 2.10. The van der Waals surface area contributed by atoms with E-state index in [9.17, 15) is 13.2 Å². The topological polar surface area (TPSA) is 75.3 Å². The molecule has 0 aliphatic heterocycles. The molecule has 0 atom stereocenters. The van der Waals surface area contributed by atoms with Gasteiger partial charge in [0, 0.05) is 21.3 Å². The lowest BCUT2D eigenvalue weighted by molar-refractivity contribution is -0.113. The average molecular weight is 453 g/mol. The van der Waals surface area contributed by atoms with Crippen LogP contribution in [0.15, 0.2) is 69.1 Å². The molecule has 0 saturated carbocycles. The summed E-state index contributed by atoms with van der Waals surface area (Å²) < 4.78 is 27.2. The maximum Gasteiger partial charge on any atom is 0.271 e. The summed E-state index contributed by atoms with van der Waals surface area (Å²) in [5, 5.41) is 5.12. The van der Waals surface area contributed by atoms with Crippen LogP contribution in [0, 0.1) is 6.92 Å². The first-order valence-corrected chi connectivity index (χ1v) is 11.9. The third-order valence-electron chi connectivity index (χ3n) is 3.71. The molecule has 1 aromatic heterocycles. The Morgan fingerprint density at radius 3 is 2.57 bits per heavy atom. The molecule has 0 spiro atoms. The highest BCUT2D eigenvalue weighted by Crippen LogP contribution is 2.25. The Bertz CT molecular complexity index is 1070. The third kappa shape index (κ3) is 5.51. The number of thiophene rings is 1. The molecule has 146 valence electrons. The molecule has 9 heteroatoms. The van der Waals surface area contributed by atoms with Crippen LogP contribution in [0.1, 0.15) is 5.56 Å². The third-order valence-corrected chi connectivity index (χ3v) is 7.74. The summed E-state index contributed by atoms with van der Waals surface area (Å²) >= 11 is 8.48. The minimum absolute atomic E-state index is 0.141. The molecule has 0 radical (unpaired) electrons. The van der Waals surface area contributed by atoms with Crippen molar-refractivity contribution < 1.29 is 13.2 Å². The molecule has 0 fully saturated rings. The van der Waals surface area contributed by atoms with E-state index in [-0.39, 0.29) is 15.9 Å². The minimum atomic E-state index is -3.56. The summed E-state index contributed by atoms with van der Waals surface area (Å²) in [5.74, 6) is 0.0875. The maximum atomic E-state index is 12.2. The number of carbonyl (C=O) groups excluding carboxylic acids is 1. The first-order valence-electron chi connectivity index (χ1n) is 8.19. The molecule has 3 rings (SSSR count). The van der Waals surface area contributed by atoms with E-state index in [1.807, 2.05) is 13.0 Å². The Kier molecular flexibility index (Phi) is 6.66. The van der Waals surface area contributed by atoms with Gasteiger partial charge in [0.1, 0.15) is 4.21 Å². The van der Waals surface area contributed by atoms with Gasteiger partial charge in [-0.05, 0) is 60.3 Å². The van der Waals surface area contributed by atoms with Crippen molar-refractivity contribution in [3.63, 3.8) is 0 Å². The van der Waals surface area contributed by atoms with Crippen LogP contribution in [-0.2, 0) is 14.8 Å². The van der Waals surface area contributed by atoms with Crippen LogP contribution < -0.4 is 10.0 Å². The van der Waals surface area contributed by atoms with Gasteiger partial charge in [0.2, 0.25) is 5.91 Å². The van der Waals surface area contributed by atoms with Crippen molar-refractivity contribution in [2.45, 2.75) is 16.0 Å².